The lowest BCUT2D eigenvalue weighted by atomic mass is 9.95. The van der Waals surface area contributed by atoms with Gasteiger partial charge in [0.25, 0.3) is 0 Å². The summed E-state index contributed by atoms with van der Waals surface area (Å²) in [6, 6.07) is 9.61. The Kier molecular flexibility index (Phi) is 3.79. The average Bonchev–Trinajstić information content (AvgIpc) is 2.85. The van der Waals surface area contributed by atoms with E-state index in [9.17, 15) is 4.79 Å². The lowest BCUT2D eigenvalue weighted by Crippen LogP contribution is -2.19. The van der Waals surface area contributed by atoms with E-state index in [1.165, 1.54) is 0 Å². The van der Waals surface area contributed by atoms with Crippen molar-refractivity contribution in [2.45, 2.75) is 5.92 Å². The molecule has 4 nitrogen and oxygen atoms in total. The Morgan fingerprint density at radius 3 is 2.85 bits per heavy atom. The molecule has 1 amide bonds. The second kappa shape index (κ2) is 5.57. The molecule has 3 rings (SSSR count). The fourth-order valence-electron chi connectivity index (χ4n) is 2.80. The number of rotatable bonds is 4. The van der Waals surface area contributed by atoms with Gasteiger partial charge >= 0.3 is 0 Å². The number of fused-ring (bicyclic) bond motifs is 3. The Labute approximate surface area is 123 Å². The summed E-state index contributed by atoms with van der Waals surface area (Å²) in [7, 11) is -0.632. The van der Waals surface area contributed by atoms with Gasteiger partial charge in [0.1, 0.15) is 5.75 Å². The highest BCUT2D eigenvalue weighted by Crippen LogP contribution is 2.45. The van der Waals surface area contributed by atoms with Crippen molar-refractivity contribution in [3.05, 3.63) is 35.9 Å². The second-order valence-electron chi connectivity index (χ2n) is 4.66. The van der Waals surface area contributed by atoms with Crippen molar-refractivity contribution >= 4 is 43.5 Å². The molecule has 2 aromatic rings. The van der Waals surface area contributed by atoms with Crippen molar-refractivity contribution in [2.75, 3.05) is 17.3 Å². The summed E-state index contributed by atoms with van der Waals surface area (Å²) < 4.78 is 5.31. The first-order valence-corrected chi connectivity index (χ1v) is 7.58. The van der Waals surface area contributed by atoms with Crippen LogP contribution < -0.4 is 9.42 Å². The Morgan fingerprint density at radius 2 is 2.20 bits per heavy atom. The summed E-state index contributed by atoms with van der Waals surface area (Å²) >= 11 is 6.05. The first-order valence-electron chi connectivity index (χ1n) is 6.19. The summed E-state index contributed by atoms with van der Waals surface area (Å²) in [6.45, 7) is 0.581. The molecule has 0 radical (unpaired) electrons. The molecule has 1 N–H and O–H groups in total. The molecular formula is C14H13ClNO3P. The lowest BCUT2D eigenvalue weighted by Gasteiger charge is -2.14. The van der Waals surface area contributed by atoms with Crippen molar-refractivity contribution in [3.63, 3.8) is 0 Å². The number of hydrogen-bond donors (Lipinski definition) is 1. The van der Waals surface area contributed by atoms with Gasteiger partial charge in [-0.25, -0.2) is 0 Å². The molecule has 2 aromatic carbocycles. The molecule has 2 atom stereocenters. The van der Waals surface area contributed by atoms with Crippen LogP contribution in [0, 0.1) is 0 Å². The van der Waals surface area contributed by atoms with Crippen LogP contribution in [0.1, 0.15) is 11.5 Å². The van der Waals surface area contributed by atoms with Crippen LogP contribution in [-0.4, -0.2) is 23.7 Å². The molecule has 0 spiro atoms. The molecule has 0 aromatic heterocycles. The number of halogens is 1. The molecular weight excluding hydrogens is 297 g/mol. The van der Waals surface area contributed by atoms with Crippen LogP contribution in [0.25, 0.3) is 10.8 Å². The standard InChI is InChI=1S/C14H13ClNO3P/c15-6-9-7-16(8-17)12-5-13(19-20-18)10-3-1-2-4-11(10)14(9)12/h1-5,8-9,18,20H,6-7H2/t9-/m1/s1. The van der Waals surface area contributed by atoms with Gasteiger partial charge in [-0.15, -0.1) is 11.6 Å². The molecule has 1 unspecified atom stereocenters. The topological polar surface area (TPSA) is 49.8 Å². The van der Waals surface area contributed by atoms with Crippen LogP contribution in [0.4, 0.5) is 5.69 Å². The summed E-state index contributed by atoms with van der Waals surface area (Å²) in [5, 5.41) is 1.95. The maximum Gasteiger partial charge on any atom is 0.214 e. The Balaban J connectivity index is 2.31. The zero-order chi connectivity index (χ0) is 14.1. The van der Waals surface area contributed by atoms with Crippen LogP contribution in [0.3, 0.4) is 0 Å². The molecule has 1 aliphatic rings. The van der Waals surface area contributed by atoms with Gasteiger partial charge in [-0.1, -0.05) is 24.3 Å². The second-order valence-corrected chi connectivity index (χ2v) is 5.35. The minimum Gasteiger partial charge on any atom is -0.449 e. The third-order valence-corrected chi connectivity index (χ3v) is 4.31. The zero-order valence-corrected chi connectivity index (χ0v) is 12.3. The summed E-state index contributed by atoms with van der Waals surface area (Å²) in [4.78, 5) is 21.9. The average molecular weight is 310 g/mol. The number of carbonyl (C=O) groups is 1. The lowest BCUT2D eigenvalue weighted by molar-refractivity contribution is -0.107. The summed E-state index contributed by atoms with van der Waals surface area (Å²) in [6.07, 6.45) is 0.811. The number of amides is 1. The van der Waals surface area contributed by atoms with E-state index in [-0.39, 0.29) is 5.92 Å². The quantitative estimate of drug-likeness (QED) is 0.536. The van der Waals surface area contributed by atoms with E-state index >= 15 is 0 Å². The fraction of sp³-hybridized carbons (Fsp3) is 0.214. The first kappa shape index (κ1) is 13.6. The number of alkyl halides is 1. The maximum absolute atomic E-state index is 11.2. The Morgan fingerprint density at radius 1 is 1.45 bits per heavy atom. The van der Waals surface area contributed by atoms with Crippen LogP contribution in [0.15, 0.2) is 30.3 Å². The van der Waals surface area contributed by atoms with Gasteiger partial charge in [0, 0.05) is 29.8 Å². The Hall–Kier alpha value is -1.35. The number of carbonyl (C=O) groups excluding carboxylic acids is 1. The maximum atomic E-state index is 11.2. The molecule has 1 heterocycles. The Bertz CT molecular complexity index is 664. The molecule has 0 bridgehead atoms. The van der Waals surface area contributed by atoms with Crippen LogP contribution >= 0.6 is 20.6 Å². The number of nitrogens with zero attached hydrogens (tertiary/aromatic N) is 1. The number of benzene rings is 2. The van der Waals surface area contributed by atoms with E-state index in [1.54, 1.807) is 4.90 Å². The van der Waals surface area contributed by atoms with Gasteiger partial charge < -0.3 is 14.3 Å². The minimum absolute atomic E-state index is 0.118. The highest BCUT2D eigenvalue weighted by atomic mass is 35.5. The SMILES string of the molecule is O=CN1C[C@@H](CCl)c2c1cc(OPO)c1ccccc21. The molecule has 1 aliphatic heterocycles. The smallest absolute Gasteiger partial charge is 0.214 e. The predicted molar refractivity (Wildman–Crippen MR) is 82.0 cm³/mol. The highest BCUT2D eigenvalue weighted by Gasteiger charge is 2.31. The van der Waals surface area contributed by atoms with E-state index in [2.05, 4.69) is 0 Å². The molecule has 0 fully saturated rings. The van der Waals surface area contributed by atoms with E-state index in [0.717, 1.165) is 28.4 Å². The predicted octanol–water partition coefficient (Wildman–Crippen LogP) is 3.02. The van der Waals surface area contributed by atoms with Crippen LogP contribution in [0.2, 0.25) is 0 Å². The van der Waals surface area contributed by atoms with Gasteiger partial charge in [0.2, 0.25) is 15.4 Å². The zero-order valence-electron chi connectivity index (χ0n) is 10.5. The van der Waals surface area contributed by atoms with Crippen molar-refractivity contribution in [3.8, 4) is 5.75 Å². The van der Waals surface area contributed by atoms with Gasteiger partial charge in [-0.05, 0) is 10.9 Å². The van der Waals surface area contributed by atoms with E-state index in [1.807, 2.05) is 30.3 Å². The molecule has 0 aliphatic carbocycles. The third-order valence-electron chi connectivity index (χ3n) is 3.63. The van der Waals surface area contributed by atoms with Gasteiger partial charge in [0.15, 0.2) is 0 Å². The summed E-state index contributed by atoms with van der Waals surface area (Å²) in [5.74, 6) is 1.16. The molecule has 6 heteroatoms. The first-order chi connectivity index (χ1) is 9.80. The van der Waals surface area contributed by atoms with Crippen molar-refractivity contribution in [1.82, 2.24) is 0 Å². The van der Waals surface area contributed by atoms with Gasteiger partial charge in [-0.2, -0.15) is 0 Å². The fourth-order valence-corrected chi connectivity index (χ4v) is 3.32. The highest BCUT2D eigenvalue weighted by molar-refractivity contribution is 7.25. The van der Waals surface area contributed by atoms with E-state index < -0.39 is 9.03 Å². The summed E-state index contributed by atoms with van der Waals surface area (Å²) in [5.41, 5.74) is 1.90. The number of hydrogen-bond acceptors (Lipinski definition) is 3. The monoisotopic (exact) mass is 309 g/mol. The normalized spacial score (nSPS) is 17.9. The number of anilines is 1. The van der Waals surface area contributed by atoms with Crippen LogP contribution in [0.5, 0.6) is 5.75 Å². The molecule has 0 saturated carbocycles. The molecule has 0 saturated heterocycles. The molecule has 104 valence electrons. The third kappa shape index (κ3) is 2.05. The largest absolute Gasteiger partial charge is 0.449 e. The van der Waals surface area contributed by atoms with Gasteiger partial charge in [-0.3, -0.25) is 4.79 Å². The van der Waals surface area contributed by atoms with Crippen molar-refractivity contribution in [1.29, 1.82) is 0 Å². The van der Waals surface area contributed by atoms with Crippen LogP contribution in [-0.2, 0) is 4.79 Å². The van der Waals surface area contributed by atoms with Crippen molar-refractivity contribution in [2.24, 2.45) is 0 Å². The van der Waals surface area contributed by atoms with Gasteiger partial charge in [0.05, 0.1) is 5.69 Å². The molecule has 20 heavy (non-hydrogen) atoms. The van der Waals surface area contributed by atoms with E-state index in [0.29, 0.717) is 18.2 Å². The minimum atomic E-state index is -0.632. The van der Waals surface area contributed by atoms with E-state index in [4.69, 9.17) is 21.0 Å². The van der Waals surface area contributed by atoms with Crippen molar-refractivity contribution < 1.29 is 14.2 Å².